The first-order chi connectivity index (χ1) is 8.58. The third-order valence-electron chi connectivity index (χ3n) is 2.97. The summed E-state index contributed by atoms with van der Waals surface area (Å²) in [6.45, 7) is 0.650. The van der Waals surface area contributed by atoms with Crippen molar-refractivity contribution >= 4 is 11.9 Å². The number of nitrogens with zero attached hydrogens (tertiary/aromatic N) is 3. The molecule has 7 heteroatoms. The molecule has 18 heavy (non-hydrogen) atoms. The minimum atomic E-state index is -1.01. The van der Waals surface area contributed by atoms with Crippen molar-refractivity contribution in [1.29, 1.82) is 0 Å². The van der Waals surface area contributed by atoms with Gasteiger partial charge in [0.2, 0.25) is 5.88 Å². The molecule has 96 valence electrons. The summed E-state index contributed by atoms with van der Waals surface area (Å²) in [7, 11) is 0. The van der Waals surface area contributed by atoms with Crippen LogP contribution in [0.25, 0.3) is 0 Å². The van der Waals surface area contributed by atoms with Gasteiger partial charge < -0.3 is 15.1 Å². The van der Waals surface area contributed by atoms with E-state index >= 15 is 0 Å². The average Bonchev–Trinajstić information content (AvgIpc) is 2.39. The lowest BCUT2D eigenvalue weighted by molar-refractivity contribution is 0.0801. The molecule has 1 aromatic heterocycles. The fourth-order valence-corrected chi connectivity index (χ4v) is 2.03. The fraction of sp³-hybridized carbons (Fsp3) is 0.455. The predicted octanol–water partition coefficient (Wildman–Crippen LogP) is 0.755. The van der Waals surface area contributed by atoms with Crippen molar-refractivity contribution in [3.63, 3.8) is 0 Å². The number of hydrogen-bond acceptors (Lipinski definition) is 5. The quantitative estimate of drug-likeness (QED) is 0.752. The third-order valence-corrected chi connectivity index (χ3v) is 2.97. The number of aromatic nitrogens is 2. The van der Waals surface area contributed by atoms with Gasteiger partial charge in [-0.15, -0.1) is 10.2 Å². The van der Waals surface area contributed by atoms with E-state index in [-0.39, 0.29) is 29.8 Å². The van der Waals surface area contributed by atoms with Crippen LogP contribution in [0.2, 0.25) is 0 Å². The van der Waals surface area contributed by atoms with E-state index in [1.807, 2.05) is 0 Å². The molecule has 2 N–H and O–H groups in total. The molecule has 0 radical (unpaired) electrons. The molecule has 1 aliphatic heterocycles. The Morgan fingerprint density at radius 3 is 2.72 bits per heavy atom. The molecule has 7 nitrogen and oxygen atoms in total. The lowest BCUT2D eigenvalue weighted by Crippen LogP contribution is -2.41. The van der Waals surface area contributed by atoms with Gasteiger partial charge in [-0.25, -0.2) is 4.79 Å². The summed E-state index contributed by atoms with van der Waals surface area (Å²) in [5.41, 5.74) is 0.157. The molecular formula is C11H13N3O4. The summed E-state index contributed by atoms with van der Waals surface area (Å²) < 4.78 is 0. The van der Waals surface area contributed by atoms with E-state index in [1.54, 1.807) is 0 Å². The van der Waals surface area contributed by atoms with E-state index in [0.717, 1.165) is 0 Å². The van der Waals surface area contributed by atoms with Crippen LogP contribution in [-0.2, 0) is 0 Å². The summed E-state index contributed by atoms with van der Waals surface area (Å²) in [6.07, 6.45) is 0.295. The van der Waals surface area contributed by atoms with E-state index in [1.165, 1.54) is 17.0 Å². The number of hydrogen-bond donors (Lipinski definition) is 2. The molecule has 1 fully saturated rings. The Kier molecular flexibility index (Phi) is 3.40. The molecule has 1 saturated heterocycles. The molecule has 1 aromatic rings. The van der Waals surface area contributed by atoms with Gasteiger partial charge in [-0.2, -0.15) is 0 Å². The van der Waals surface area contributed by atoms with Crippen molar-refractivity contribution in [2.75, 3.05) is 13.1 Å². The highest BCUT2D eigenvalue weighted by molar-refractivity contribution is 5.96. The molecule has 1 aliphatic rings. The van der Waals surface area contributed by atoms with Crippen LogP contribution in [-0.4, -0.2) is 50.3 Å². The lowest BCUT2D eigenvalue weighted by Gasteiger charge is -2.29. The highest BCUT2D eigenvalue weighted by atomic mass is 16.4. The van der Waals surface area contributed by atoms with Crippen molar-refractivity contribution < 1.29 is 19.8 Å². The van der Waals surface area contributed by atoms with Gasteiger partial charge in [0, 0.05) is 25.1 Å². The second-order valence-electron chi connectivity index (χ2n) is 4.21. The number of rotatable bonds is 2. The monoisotopic (exact) mass is 251 g/mol. The average molecular weight is 251 g/mol. The van der Waals surface area contributed by atoms with Gasteiger partial charge >= 0.3 is 6.09 Å². The Labute approximate surface area is 103 Å². The van der Waals surface area contributed by atoms with Crippen LogP contribution in [0.4, 0.5) is 4.79 Å². The van der Waals surface area contributed by atoms with E-state index < -0.39 is 6.09 Å². The summed E-state index contributed by atoms with van der Waals surface area (Å²) >= 11 is 0. The van der Waals surface area contributed by atoms with Crippen LogP contribution in [0, 0.1) is 5.92 Å². The smallest absolute Gasteiger partial charge is 0.407 e. The second kappa shape index (κ2) is 4.99. The summed E-state index contributed by atoms with van der Waals surface area (Å²) in [5.74, 6) is -0.857. The topological polar surface area (TPSA) is 104 Å². The molecule has 0 bridgehead atoms. The van der Waals surface area contributed by atoms with Crippen molar-refractivity contribution in [1.82, 2.24) is 15.1 Å². The summed E-state index contributed by atoms with van der Waals surface area (Å²) in [4.78, 5) is 24.2. The van der Waals surface area contributed by atoms with E-state index in [4.69, 9.17) is 10.2 Å². The number of carbonyl (C=O) groups is 2. The molecule has 1 amide bonds. The number of amides is 1. The summed E-state index contributed by atoms with van der Waals surface area (Å²) in [6, 6.07) is 2.68. The Bertz CT molecular complexity index is 460. The predicted molar refractivity (Wildman–Crippen MR) is 60.3 cm³/mol. The number of carbonyl (C=O) groups excluding carboxylic acids is 1. The zero-order valence-electron chi connectivity index (χ0n) is 9.61. The molecule has 2 heterocycles. The minimum absolute atomic E-state index is 0.157. The molecule has 0 saturated carbocycles. The standard InChI is InChI=1S/C11H13N3O4/c15-9-4-3-8(12-13-9)10(16)7-2-1-5-14(6-7)11(17)18/h3-4,7H,1-2,5-6H2,(H,13,15)(H,17,18). The van der Waals surface area contributed by atoms with Crippen LogP contribution in [0.1, 0.15) is 23.3 Å². The second-order valence-corrected chi connectivity index (χ2v) is 4.21. The minimum Gasteiger partial charge on any atom is -0.492 e. The molecule has 1 atom stereocenters. The molecule has 0 aliphatic carbocycles. The van der Waals surface area contributed by atoms with Gasteiger partial charge in [0.05, 0.1) is 0 Å². The fourth-order valence-electron chi connectivity index (χ4n) is 2.03. The number of aromatic hydroxyl groups is 1. The van der Waals surface area contributed by atoms with Gasteiger partial charge in [-0.1, -0.05) is 0 Å². The van der Waals surface area contributed by atoms with Crippen LogP contribution in [0.5, 0.6) is 5.88 Å². The van der Waals surface area contributed by atoms with Crippen molar-refractivity contribution in [3.8, 4) is 5.88 Å². The number of ketones is 1. The molecule has 1 unspecified atom stereocenters. The van der Waals surface area contributed by atoms with Crippen LogP contribution < -0.4 is 0 Å². The van der Waals surface area contributed by atoms with Gasteiger partial charge in [0.25, 0.3) is 0 Å². The van der Waals surface area contributed by atoms with Crippen LogP contribution in [0.3, 0.4) is 0 Å². The van der Waals surface area contributed by atoms with E-state index in [2.05, 4.69) is 10.2 Å². The first-order valence-electron chi connectivity index (χ1n) is 5.62. The van der Waals surface area contributed by atoms with Gasteiger partial charge in [0.15, 0.2) is 5.78 Å². The van der Waals surface area contributed by atoms with Crippen LogP contribution >= 0.6 is 0 Å². The van der Waals surface area contributed by atoms with Gasteiger partial charge in [0.1, 0.15) is 5.69 Å². The first kappa shape index (κ1) is 12.3. The van der Waals surface area contributed by atoms with Crippen molar-refractivity contribution in [2.24, 2.45) is 5.92 Å². The first-order valence-corrected chi connectivity index (χ1v) is 5.62. The number of piperidine rings is 1. The SMILES string of the molecule is O=C(c1ccc(O)nn1)C1CCCN(C(=O)O)C1. The van der Waals surface area contributed by atoms with Gasteiger partial charge in [-0.3, -0.25) is 4.79 Å². The Morgan fingerprint density at radius 1 is 1.33 bits per heavy atom. The van der Waals surface area contributed by atoms with Crippen LogP contribution in [0.15, 0.2) is 12.1 Å². The molecule has 0 spiro atoms. The maximum Gasteiger partial charge on any atom is 0.407 e. The maximum absolute atomic E-state index is 12.1. The number of likely N-dealkylation sites (tertiary alicyclic amines) is 1. The zero-order chi connectivity index (χ0) is 13.1. The molecule has 2 rings (SSSR count). The van der Waals surface area contributed by atoms with E-state index in [9.17, 15) is 9.59 Å². The Balaban J connectivity index is 2.09. The Hall–Kier alpha value is -2.18. The third kappa shape index (κ3) is 2.55. The summed E-state index contributed by atoms with van der Waals surface area (Å²) in [5, 5.41) is 24.9. The molecular weight excluding hydrogens is 238 g/mol. The Morgan fingerprint density at radius 2 is 2.11 bits per heavy atom. The van der Waals surface area contributed by atoms with Crippen molar-refractivity contribution in [2.45, 2.75) is 12.8 Å². The molecule has 0 aromatic carbocycles. The highest BCUT2D eigenvalue weighted by Gasteiger charge is 2.29. The van der Waals surface area contributed by atoms with E-state index in [0.29, 0.717) is 19.4 Å². The number of carboxylic acid groups (broad SMARTS) is 1. The number of Topliss-reactive ketones (excluding diaryl/α,β-unsaturated/α-hetero) is 1. The maximum atomic E-state index is 12.1. The van der Waals surface area contributed by atoms with Gasteiger partial charge in [-0.05, 0) is 18.9 Å². The van der Waals surface area contributed by atoms with Crippen molar-refractivity contribution in [3.05, 3.63) is 17.8 Å². The normalized spacial score (nSPS) is 19.6. The largest absolute Gasteiger partial charge is 0.492 e. The zero-order valence-corrected chi connectivity index (χ0v) is 9.61. The highest BCUT2D eigenvalue weighted by Crippen LogP contribution is 2.20. The lowest BCUT2D eigenvalue weighted by atomic mass is 9.92.